The van der Waals surface area contributed by atoms with Gasteiger partial charge in [0.25, 0.3) is 0 Å². The predicted octanol–water partition coefficient (Wildman–Crippen LogP) is 4.42. The van der Waals surface area contributed by atoms with Gasteiger partial charge < -0.3 is 0 Å². The number of halogens is 2. The van der Waals surface area contributed by atoms with E-state index in [0.29, 0.717) is 21.8 Å². The molecule has 0 unspecified atom stereocenters. The summed E-state index contributed by atoms with van der Waals surface area (Å²) in [7, 11) is 0. The lowest BCUT2D eigenvalue weighted by atomic mass is 9.89. The molecule has 1 aromatic carbocycles. The second kappa shape index (κ2) is 5.41. The van der Waals surface area contributed by atoms with Crippen LogP contribution in [-0.2, 0) is 0 Å². The van der Waals surface area contributed by atoms with Crippen LogP contribution in [0.4, 0.5) is 4.39 Å². The summed E-state index contributed by atoms with van der Waals surface area (Å²) in [5, 5.41) is 7.25. The maximum atomic E-state index is 13.5. The Morgan fingerprint density at radius 3 is 2.79 bits per heavy atom. The van der Waals surface area contributed by atoms with Gasteiger partial charge in [-0.25, -0.2) is 9.37 Å². The summed E-state index contributed by atoms with van der Waals surface area (Å²) in [6.45, 7) is 0. The Bertz CT molecular complexity index is 576. The third-order valence-corrected chi connectivity index (χ3v) is 4.49. The van der Waals surface area contributed by atoms with Crippen molar-refractivity contribution in [2.24, 2.45) is 0 Å². The maximum absolute atomic E-state index is 13.5. The number of hydrogen-bond donors (Lipinski definition) is 1. The maximum Gasteiger partial charge on any atom is 0.182 e. The monoisotopic (exact) mass is 323 g/mol. The van der Waals surface area contributed by atoms with Crippen molar-refractivity contribution in [2.75, 3.05) is 0 Å². The van der Waals surface area contributed by atoms with E-state index in [0.717, 1.165) is 5.82 Å². The first-order valence-corrected chi connectivity index (χ1v) is 7.41. The summed E-state index contributed by atoms with van der Waals surface area (Å²) in [6.07, 6.45) is 6.15. The lowest BCUT2D eigenvalue weighted by Gasteiger charge is -2.18. The smallest absolute Gasteiger partial charge is 0.182 e. The highest BCUT2D eigenvalue weighted by molar-refractivity contribution is 9.10. The molecule has 0 atom stereocenters. The molecule has 19 heavy (non-hydrogen) atoms. The van der Waals surface area contributed by atoms with E-state index in [9.17, 15) is 4.39 Å². The quantitative estimate of drug-likeness (QED) is 0.888. The number of H-pyrrole nitrogens is 1. The summed E-state index contributed by atoms with van der Waals surface area (Å²) in [6, 6.07) is 4.91. The van der Waals surface area contributed by atoms with Gasteiger partial charge in [0.1, 0.15) is 11.6 Å². The SMILES string of the molecule is Fc1cccc(-c2n[nH]c(C3CCCCC3)n2)c1Br. The summed E-state index contributed by atoms with van der Waals surface area (Å²) in [5.41, 5.74) is 0.693. The Morgan fingerprint density at radius 1 is 1.21 bits per heavy atom. The molecule has 0 aliphatic heterocycles. The highest BCUT2D eigenvalue weighted by Gasteiger charge is 2.20. The summed E-state index contributed by atoms with van der Waals surface area (Å²) in [5.74, 6) is 1.68. The van der Waals surface area contributed by atoms with Crippen LogP contribution in [0.5, 0.6) is 0 Å². The van der Waals surface area contributed by atoms with Crippen molar-refractivity contribution in [3.63, 3.8) is 0 Å². The summed E-state index contributed by atoms with van der Waals surface area (Å²) >= 11 is 3.25. The second-order valence-corrected chi connectivity index (χ2v) is 5.77. The van der Waals surface area contributed by atoms with Crippen LogP contribution in [0, 0.1) is 5.82 Å². The molecule has 1 N–H and O–H groups in total. The van der Waals surface area contributed by atoms with Crippen molar-refractivity contribution in [1.82, 2.24) is 15.2 Å². The van der Waals surface area contributed by atoms with Gasteiger partial charge in [-0.1, -0.05) is 25.3 Å². The fourth-order valence-corrected chi connectivity index (χ4v) is 3.07. The van der Waals surface area contributed by atoms with Crippen molar-refractivity contribution in [1.29, 1.82) is 0 Å². The van der Waals surface area contributed by atoms with Crippen molar-refractivity contribution < 1.29 is 4.39 Å². The average Bonchev–Trinajstić information content (AvgIpc) is 2.92. The Balaban J connectivity index is 1.90. The molecule has 0 bridgehead atoms. The minimum Gasteiger partial charge on any atom is -0.262 e. The van der Waals surface area contributed by atoms with Crippen LogP contribution < -0.4 is 0 Å². The first kappa shape index (κ1) is 12.8. The van der Waals surface area contributed by atoms with E-state index < -0.39 is 0 Å². The molecule has 2 aromatic rings. The number of rotatable bonds is 2. The van der Waals surface area contributed by atoms with Crippen LogP contribution in [0.1, 0.15) is 43.8 Å². The number of nitrogens with one attached hydrogen (secondary N) is 1. The van der Waals surface area contributed by atoms with E-state index >= 15 is 0 Å². The molecule has 0 saturated heterocycles. The predicted molar refractivity (Wildman–Crippen MR) is 75.3 cm³/mol. The van der Waals surface area contributed by atoms with E-state index in [4.69, 9.17) is 0 Å². The first-order chi connectivity index (χ1) is 9.25. The van der Waals surface area contributed by atoms with Gasteiger partial charge >= 0.3 is 0 Å². The molecule has 1 aliphatic rings. The molecule has 0 amide bonds. The van der Waals surface area contributed by atoms with Crippen molar-refractivity contribution in [2.45, 2.75) is 38.0 Å². The van der Waals surface area contributed by atoms with Crippen molar-refractivity contribution in [3.8, 4) is 11.4 Å². The van der Waals surface area contributed by atoms with Gasteiger partial charge in [-0.2, -0.15) is 5.10 Å². The third-order valence-electron chi connectivity index (χ3n) is 3.69. The average molecular weight is 324 g/mol. The molecular formula is C14H15BrFN3. The van der Waals surface area contributed by atoms with Crippen LogP contribution in [-0.4, -0.2) is 15.2 Å². The molecule has 1 saturated carbocycles. The standard InChI is InChI=1S/C14H15BrFN3/c15-12-10(7-4-8-11(12)16)14-17-13(18-19-14)9-5-2-1-3-6-9/h4,7-9H,1-3,5-6H2,(H,17,18,19). The number of hydrogen-bond acceptors (Lipinski definition) is 2. The Hall–Kier alpha value is -1.23. The summed E-state index contributed by atoms with van der Waals surface area (Å²) in [4.78, 5) is 4.54. The molecule has 3 nitrogen and oxygen atoms in total. The zero-order chi connectivity index (χ0) is 13.2. The normalized spacial score (nSPS) is 16.7. The van der Waals surface area contributed by atoms with Crippen molar-refractivity contribution in [3.05, 3.63) is 34.3 Å². The molecule has 1 heterocycles. The minimum atomic E-state index is -0.290. The van der Waals surface area contributed by atoms with Gasteiger partial charge in [-0.05, 0) is 40.9 Å². The number of benzene rings is 1. The molecule has 1 aliphatic carbocycles. The number of aromatic nitrogens is 3. The molecule has 0 spiro atoms. The fraction of sp³-hybridized carbons (Fsp3) is 0.429. The highest BCUT2D eigenvalue weighted by atomic mass is 79.9. The molecule has 3 rings (SSSR count). The van der Waals surface area contributed by atoms with Gasteiger partial charge in [0.05, 0.1) is 4.47 Å². The topological polar surface area (TPSA) is 41.6 Å². The van der Waals surface area contributed by atoms with Gasteiger partial charge in [0, 0.05) is 11.5 Å². The Morgan fingerprint density at radius 2 is 2.00 bits per heavy atom. The first-order valence-electron chi connectivity index (χ1n) is 6.62. The fourth-order valence-electron chi connectivity index (χ4n) is 2.63. The van der Waals surface area contributed by atoms with E-state index in [1.165, 1.54) is 38.2 Å². The second-order valence-electron chi connectivity index (χ2n) is 4.98. The number of aromatic amines is 1. The van der Waals surface area contributed by atoms with Gasteiger partial charge in [0.2, 0.25) is 0 Å². The summed E-state index contributed by atoms with van der Waals surface area (Å²) < 4.78 is 13.9. The van der Waals surface area contributed by atoms with Crippen molar-refractivity contribution >= 4 is 15.9 Å². The molecule has 100 valence electrons. The molecule has 0 radical (unpaired) electrons. The number of nitrogens with zero attached hydrogens (tertiary/aromatic N) is 2. The zero-order valence-corrected chi connectivity index (χ0v) is 12.1. The van der Waals surface area contributed by atoms with E-state index in [1.807, 2.05) is 6.07 Å². The van der Waals surface area contributed by atoms with Crippen LogP contribution in [0.3, 0.4) is 0 Å². The van der Waals surface area contributed by atoms with Crippen LogP contribution >= 0.6 is 15.9 Å². The molecule has 1 fully saturated rings. The van der Waals surface area contributed by atoms with Gasteiger partial charge in [0.15, 0.2) is 5.82 Å². The third kappa shape index (κ3) is 2.56. The lowest BCUT2D eigenvalue weighted by molar-refractivity contribution is 0.429. The zero-order valence-electron chi connectivity index (χ0n) is 10.5. The van der Waals surface area contributed by atoms with E-state index in [-0.39, 0.29) is 5.82 Å². The van der Waals surface area contributed by atoms with E-state index in [2.05, 4.69) is 31.1 Å². The molecular weight excluding hydrogens is 309 g/mol. The highest BCUT2D eigenvalue weighted by Crippen LogP contribution is 2.33. The van der Waals surface area contributed by atoms with Gasteiger partial charge in [-0.15, -0.1) is 0 Å². The Kier molecular flexibility index (Phi) is 3.64. The Labute approximate surface area is 119 Å². The largest absolute Gasteiger partial charge is 0.262 e. The minimum absolute atomic E-state index is 0.290. The van der Waals surface area contributed by atoms with Crippen LogP contribution in [0.15, 0.2) is 22.7 Å². The van der Waals surface area contributed by atoms with Crippen LogP contribution in [0.25, 0.3) is 11.4 Å². The van der Waals surface area contributed by atoms with E-state index in [1.54, 1.807) is 6.07 Å². The molecule has 1 aromatic heterocycles. The van der Waals surface area contributed by atoms with Crippen LogP contribution in [0.2, 0.25) is 0 Å². The lowest BCUT2D eigenvalue weighted by Crippen LogP contribution is -2.06. The van der Waals surface area contributed by atoms with Gasteiger partial charge in [-0.3, -0.25) is 5.10 Å². The molecule has 5 heteroatoms.